The van der Waals surface area contributed by atoms with Gasteiger partial charge in [0, 0.05) is 36.5 Å². The number of halogens is 2. The van der Waals surface area contributed by atoms with Gasteiger partial charge in [0.2, 0.25) is 5.91 Å². The molecule has 8 rings (SSSR count). The van der Waals surface area contributed by atoms with E-state index in [0.717, 1.165) is 56.6 Å². The molecule has 4 atom stereocenters. The number of hydrogen-bond donors (Lipinski definition) is 2. The number of carbonyl (C=O) groups is 2. The first-order valence-electron chi connectivity index (χ1n) is 20.1. The van der Waals surface area contributed by atoms with Gasteiger partial charge < -0.3 is 24.6 Å². The molecule has 0 saturated carbocycles. The van der Waals surface area contributed by atoms with Gasteiger partial charge in [-0.1, -0.05) is 109 Å². The Morgan fingerprint density at radius 3 is 2.30 bits per heavy atom. The van der Waals surface area contributed by atoms with Gasteiger partial charge in [0.15, 0.2) is 17.6 Å². The van der Waals surface area contributed by atoms with Gasteiger partial charge in [0.25, 0.3) is 0 Å². The fourth-order valence-corrected chi connectivity index (χ4v) is 8.31. The maximum absolute atomic E-state index is 14.4. The van der Waals surface area contributed by atoms with Crippen LogP contribution in [0.3, 0.4) is 0 Å². The standard InChI is InChI=1S/C49H45Cl2N3O6/c1-3-43(34-7-5-4-6-8-34)54-27-38-25-46-45(59-29-47(60-46)35-16-18-39(19-17-35)58-28-32-12-20-40(50)41(51)21-32)24-37(38)23-44(54)48(55)53-42(49(56)57)22-31-10-14-33(15-11-31)36-13-9-30(2)52-26-36/h4-21,24-26,42-44,47H,3,22-23,27-29H2,1-2H3,(H,53,55)(H,56,57)/t42?,43-,44-,47+/m0/s1. The topological polar surface area (TPSA) is 110 Å². The Bertz CT molecular complexity index is 2460. The lowest BCUT2D eigenvalue weighted by Gasteiger charge is -2.42. The average Bonchev–Trinajstić information content (AvgIpc) is 3.26. The van der Waals surface area contributed by atoms with E-state index in [-0.39, 0.29) is 24.5 Å². The highest BCUT2D eigenvalue weighted by Gasteiger charge is 2.38. The van der Waals surface area contributed by atoms with Crippen LogP contribution >= 0.6 is 23.2 Å². The van der Waals surface area contributed by atoms with Crippen molar-refractivity contribution in [3.63, 3.8) is 0 Å². The van der Waals surface area contributed by atoms with Gasteiger partial charge in [0.1, 0.15) is 25.0 Å². The molecule has 0 radical (unpaired) electrons. The van der Waals surface area contributed by atoms with Crippen molar-refractivity contribution in [3.05, 3.63) is 177 Å². The number of aryl methyl sites for hydroxylation is 1. The second kappa shape index (κ2) is 18.2. The van der Waals surface area contributed by atoms with E-state index >= 15 is 0 Å². The molecule has 5 aromatic carbocycles. The number of nitrogens with zero attached hydrogens (tertiary/aromatic N) is 2. The molecule has 0 bridgehead atoms. The zero-order valence-corrected chi connectivity index (χ0v) is 34.8. The van der Waals surface area contributed by atoms with Crippen molar-refractivity contribution in [2.75, 3.05) is 6.61 Å². The molecule has 0 saturated heterocycles. The number of carboxylic acid groups (broad SMARTS) is 1. The molecule has 0 fully saturated rings. The Morgan fingerprint density at radius 2 is 1.60 bits per heavy atom. The third-order valence-corrected chi connectivity index (χ3v) is 12.0. The van der Waals surface area contributed by atoms with E-state index < -0.39 is 18.1 Å². The lowest BCUT2D eigenvalue weighted by Crippen LogP contribution is -2.55. The van der Waals surface area contributed by atoms with Crippen molar-refractivity contribution in [1.82, 2.24) is 15.2 Å². The van der Waals surface area contributed by atoms with E-state index in [0.29, 0.717) is 53.5 Å². The number of carboxylic acids is 1. The molecule has 9 nitrogen and oxygen atoms in total. The quantitative estimate of drug-likeness (QED) is 0.118. The fraction of sp³-hybridized carbons (Fsp3) is 0.245. The maximum atomic E-state index is 14.4. The van der Waals surface area contributed by atoms with Crippen LogP contribution in [-0.4, -0.2) is 45.6 Å². The van der Waals surface area contributed by atoms with Crippen molar-refractivity contribution < 1.29 is 28.9 Å². The van der Waals surface area contributed by atoms with Gasteiger partial charge in [-0.2, -0.15) is 0 Å². The molecule has 6 aromatic rings. The highest BCUT2D eigenvalue weighted by molar-refractivity contribution is 6.42. The van der Waals surface area contributed by atoms with Crippen LogP contribution in [0.5, 0.6) is 17.2 Å². The van der Waals surface area contributed by atoms with Gasteiger partial charge in [-0.3, -0.25) is 14.7 Å². The monoisotopic (exact) mass is 841 g/mol. The van der Waals surface area contributed by atoms with Crippen molar-refractivity contribution in [1.29, 1.82) is 0 Å². The Labute approximate surface area is 359 Å². The summed E-state index contributed by atoms with van der Waals surface area (Å²) in [4.78, 5) is 33.6. The SMILES string of the molecule is CC[C@@H](c1ccccc1)N1Cc2cc3c(cc2C[C@H]1C(=O)NC(Cc1ccc(-c2ccc(C)nc2)cc1)C(=O)O)OC[C@H](c1ccc(OCc2ccc(Cl)c(Cl)c2)cc1)O3. The molecular weight excluding hydrogens is 797 g/mol. The highest BCUT2D eigenvalue weighted by atomic mass is 35.5. The predicted molar refractivity (Wildman–Crippen MR) is 233 cm³/mol. The predicted octanol–water partition coefficient (Wildman–Crippen LogP) is 10.1. The zero-order chi connectivity index (χ0) is 41.8. The molecule has 2 N–H and O–H groups in total. The fourth-order valence-electron chi connectivity index (χ4n) is 7.99. The summed E-state index contributed by atoms with van der Waals surface area (Å²) < 4.78 is 18.9. The molecular formula is C49H45Cl2N3O6. The van der Waals surface area contributed by atoms with E-state index in [9.17, 15) is 14.7 Å². The molecule has 2 aliphatic heterocycles. The van der Waals surface area contributed by atoms with Crippen LogP contribution in [0.15, 0.2) is 128 Å². The van der Waals surface area contributed by atoms with Crippen molar-refractivity contribution in [2.24, 2.45) is 0 Å². The molecule has 60 heavy (non-hydrogen) atoms. The van der Waals surface area contributed by atoms with Crippen molar-refractivity contribution in [2.45, 2.75) is 70.5 Å². The number of ether oxygens (including phenoxy) is 3. The number of pyridine rings is 1. The van der Waals surface area contributed by atoms with E-state index in [1.54, 1.807) is 12.1 Å². The summed E-state index contributed by atoms with van der Waals surface area (Å²) in [5, 5.41) is 14.3. The lowest BCUT2D eigenvalue weighted by atomic mass is 9.89. The smallest absolute Gasteiger partial charge is 0.326 e. The summed E-state index contributed by atoms with van der Waals surface area (Å²) in [5.41, 5.74) is 8.63. The summed E-state index contributed by atoms with van der Waals surface area (Å²) in [5.74, 6) is 0.536. The van der Waals surface area contributed by atoms with Crippen LogP contribution < -0.4 is 19.5 Å². The first-order chi connectivity index (χ1) is 29.1. The minimum atomic E-state index is -1.12. The molecule has 3 heterocycles. The second-order valence-corrected chi connectivity index (χ2v) is 16.1. The molecule has 0 spiro atoms. The molecule has 1 amide bonds. The van der Waals surface area contributed by atoms with E-state index in [1.165, 1.54) is 0 Å². The Morgan fingerprint density at radius 1 is 0.867 bits per heavy atom. The van der Waals surface area contributed by atoms with Crippen LogP contribution in [0.1, 0.15) is 64.6 Å². The van der Waals surface area contributed by atoms with Gasteiger partial charge in [-0.05, 0) is 101 Å². The number of aromatic nitrogens is 1. The number of hydrogen-bond acceptors (Lipinski definition) is 7. The van der Waals surface area contributed by atoms with E-state index in [4.69, 9.17) is 37.4 Å². The third kappa shape index (κ3) is 9.29. The number of aliphatic carboxylic acids is 1. The number of nitrogens with one attached hydrogen (secondary N) is 1. The van der Waals surface area contributed by atoms with E-state index in [2.05, 4.69) is 34.3 Å². The summed E-state index contributed by atoms with van der Waals surface area (Å²) in [6.07, 6.45) is 2.74. The van der Waals surface area contributed by atoms with Crippen molar-refractivity contribution >= 4 is 35.1 Å². The Kier molecular flexibility index (Phi) is 12.4. The lowest BCUT2D eigenvalue weighted by molar-refractivity contribution is -0.143. The maximum Gasteiger partial charge on any atom is 0.326 e. The molecule has 1 aromatic heterocycles. The number of carbonyl (C=O) groups excluding carboxylic acids is 1. The van der Waals surface area contributed by atoms with Gasteiger partial charge in [-0.25, -0.2) is 4.79 Å². The Balaban J connectivity index is 0.990. The molecule has 1 unspecified atom stereocenters. The molecule has 306 valence electrons. The van der Waals surface area contributed by atoms with Crippen LogP contribution in [-0.2, 0) is 35.6 Å². The largest absolute Gasteiger partial charge is 0.489 e. The van der Waals surface area contributed by atoms with E-state index in [1.807, 2.05) is 110 Å². The number of rotatable bonds is 13. The first-order valence-corrected chi connectivity index (χ1v) is 20.8. The molecule has 0 aliphatic carbocycles. The van der Waals surface area contributed by atoms with Crippen LogP contribution in [0.4, 0.5) is 0 Å². The van der Waals surface area contributed by atoms with Gasteiger partial charge in [0.05, 0.1) is 16.1 Å². The highest BCUT2D eigenvalue weighted by Crippen LogP contribution is 2.42. The third-order valence-electron chi connectivity index (χ3n) is 11.3. The Hall–Kier alpha value is -5.87. The average molecular weight is 843 g/mol. The van der Waals surface area contributed by atoms with Gasteiger partial charge in [-0.15, -0.1) is 0 Å². The minimum absolute atomic E-state index is 0.0967. The molecule has 11 heteroatoms. The van der Waals surface area contributed by atoms with Crippen LogP contribution in [0, 0.1) is 6.92 Å². The minimum Gasteiger partial charge on any atom is -0.489 e. The summed E-state index contributed by atoms with van der Waals surface area (Å²) in [7, 11) is 0. The number of benzene rings is 5. The summed E-state index contributed by atoms with van der Waals surface area (Å²) in [6, 6.07) is 37.2. The normalized spacial score (nSPS) is 16.9. The summed E-state index contributed by atoms with van der Waals surface area (Å²) in [6.45, 7) is 5.16. The van der Waals surface area contributed by atoms with Crippen LogP contribution in [0.2, 0.25) is 10.0 Å². The number of amides is 1. The first kappa shape index (κ1) is 40.9. The number of fused-ring (bicyclic) bond motifs is 2. The zero-order valence-electron chi connectivity index (χ0n) is 33.3. The second-order valence-electron chi connectivity index (χ2n) is 15.3. The van der Waals surface area contributed by atoms with Crippen LogP contribution in [0.25, 0.3) is 11.1 Å². The molecule has 2 aliphatic rings. The summed E-state index contributed by atoms with van der Waals surface area (Å²) >= 11 is 12.2. The van der Waals surface area contributed by atoms with Gasteiger partial charge >= 0.3 is 5.97 Å². The van der Waals surface area contributed by atoms with Crippen molar-refractivity contribution in [3.8, 4) is 28.4 Å².